The van der Waals surface area contributed by atoms with Crippen LogP contribution in [0.5, 0.6) is 0 Å². The molecule has 0 fully saturated rings. The maximum Gasteiger partial charge on any atom is 0.261 e. The molecule has 0 aromatic heterocycles. The summed E-state index contributed by atoms with van der Waals surface area (Å²) in [5, 5.41) is 0. The van der Waals surface area contributed by atoms with Crippen LogP contribution < -0.4 is 0 Å². The number of hydrogen-bond donors (Lipinski definition) is 1. The minimum Gasteiger partial charge on any atom is -0.286 e. The van der Waals surface area contributed by atoms with Crippen molar-refractivity contribution < 1.29 is 53.4 Å². The monoisotopic (exact) mass is 248 g/mol. The Morgan fingerprint density at radius 1 is 1.50 bits per heavy atom. The van der Waals surface area contributed by atoms with Crippen molar-refractivity contribution >= 4 is 10.1 Å². The van der Waals surface area contributed by atoms with E-state index in [9.17, 15) is 8.42 Å². The standard InChI is InChI=1S/CH4O3S.Sm/c1-5(2,3)4;/h1H3,(H,2,3,4);. The van der Waals surface area contributed by atoms with Crippen LogP contribution in [0.3, 0.4) is 0 Å². The minimum atomic E-state index is -3.67. The Hall–Kier alpha value is 1.25. The predicted molar refractivity (Wildman–Crippen MR) is 17.5 cm³/mol. The molecule has 6 heavy (non-hydrogen) atoms. The molecule has 0 aliphatic carbocycles. The molecule has 3 nitrogen and oxygen atoms in total. The van der Waals surface area contributed by atoms with E-state index in [4.69, 9.17) is 4.55 Å². The van der Waals surface area contributed by atoms with Gasteiger partial charge in [-0.3, -0.25) is 4.55 Å². The van der Waals surface area contributed by atoms with Crippen molar-refractivity contribution in [3.63, 3.8) is 0 Å². The van der Waals surface area contributed by atoms with Gasteiger partial charge in [-0.05, 0) is 0 Å². The molecule has 0 amide bonds. The van der Waals surface area contributed by atoms with Crippen molar-refractivity contribution in [1.29, 1.82) is 0 Å². The van der Waals surface area contributed by atoms with Crippen molar-refractivity contribution in [1.82, 2.24) is 0 Å². The molecule has 0 saturated carbocycles. The van der Waals surface area contributed by atoms with Crippen LogP contribution in [0, 0.1) is 40.4 Å². The van der Waals surface area contributed by atoms with Crippen LogP contribution in [0.1, 0.15) is 0 Å². The Morgan fingerprint density at radius 2 is 1.50 bits per heavy atom. The average Bonchev–Trinajstić information content (AvgIpc) is 0.722. The topological polar surface area (TPSA) is 54.4 Å². The third kappa shape index (κ3) is 60.8. The van der Waals surface area contributed by atoms with Crippen molar-refractivity contribution in [2.45, 2.75) is 0 Å². The van der Waals surface area contributed by atoms with Crippen LogP contribution in [0.15, 0.2) is 0 Å². The molecule has 0 aromatic rings. The summed E-state index contributed by atoms with van der Waals surface area (Å²) in [5.41, 5.74) is 0. The van der Waals surface area contributed by atoms with E-state index in [1.165, 1.54) is 0 Å². The van der Waals surface area contributed by atoms with E-state index in [0.717, 1.165) is 0 Å². The summed E-state index contributed by atoms with van der Waals surface area (Å²) in [5.74, 6) is 0. The van der Waals surface area contributed by atoms with Crippen LogP contribution in [-0.4, -0.2) is 19.2 Å². The summed E-state index contributed by atoms with van der Waals surface area (Å²) in [6.45, 7) is 0. The van der Waals surface area contributed by atoms with Gasteiger partial charge in [0.25, 0.3) is 10.1 Å². The first-order valence-electron chi connectivity index (χ1n) is 0.924. The molecule has 0 rings (SSSR count). The van der Waals surface area contributed by atoms with Gasteiger partial charge in [0.1, 0.15) is 0 Å². The Morgan fingerprint density at radius 3 is 1.50 bits per heavy atom. The van der Waals surface area contributed by atoms with E-state index in [1.807, 2.05) is 0 Å². The SMILES string of the molecule is CS(=O)(=O)O.[Sm]. The molecule has 0 atom stereocenters. The Bertz CT molecular complexity index is 94.0. The van der Waals surface area contributed by atoms with Gasteiger partial charge in [0, 0.05) is 40.4 Å². The molecule has 0 unspecified atom stereocenters. The van der Waals surface area contributed by atoms with Crippen molar-refractivity contribution in [3.8, 4) is 0 Å². The summed E-state index contributed by atoms with van der Waals surface area (Å²) in [4.78, 5) is 0. The minimum absolute atomic E-state index is 0. The molecule has 0 aliphatic rings. The molecule has 1 N–H and O–H groups in total. The molecular formula is CH4O3SSm. The van der Waals surface area contributed by atoms with E-state index in [1.54, 1.807) is 0 Å². The van der Waals surface area contributed by atoms with Crippen LogP contribution >= 0.6 is 0 Å². The summed E-state index contributed by atoms with van der Waals surface area (Å²) >= 11 is 0. The molecule has 38 valence electrons. The summed E-state index contributed by atoms with van der Waals surface area (Å²) in [7, 11) is -3.67. The fourth-order valence-corrected chi connectivity index (χ4v) is 0. The Labute approximate surface area is 69.0 Å². The first kappa shape index (κ1) is 10.3. The maximum atomic E-state index is 9.19. The van der Waals surface area contributed by atoms with E-state index < -0.39 is 10.1 Å². The molecule has 0 spiro atoms. The summed E-state index contributed by atoms with van der Waals surface area (Å²) in [6.07, 6.45) is 0.715. The fourth-order valence-electron chi connectivity index (χ4n) is 0. The van der Waals surface area contributed by atoms with Gasteiger partial charge in [0.05, 0.1) is 6.26 Å². The molecule has 0 heterocycles. The second kappa shape index (κ2) is 3.28. The van der Waals surface area contributed by atoms with Crippen LogP contribution in [0.25, 0.3) is 0 Å². The second-order valence-corrected chi connectivity index (χ2v) is 2.20. The molecule has 0 radical (unpaired) electrons. The average molecular weight is 246 g/mol. The zero-order valence-electron chi connectivity index (χ0n) is 3.08. The Kier molecular flexibility index (Phi) is 5.61. The van der Waals surface area contributed by atoms with Crippen molar-refractivity contribution in [2.24, 2.45) is 0 Å². The maximum absolute atomic E-state index is 9.19. The Balaban J connectivity index is 0. The number of hydrogen-bond acceptors (Lipinski definition) is 2. The summed E-state index contributed by atoms with van der Waals surface area (Å²) in [6, 6.07) is 0. The van der Waals surface area contributed by atoms with Crippen molar-refractivity contribution in [2.75, 3.05) is 6.26 Å². The van der Waals surface area contributed by atoms with Gasteiger partial charge in [-0.15, -0.1) is 0 Å². The van der Waals surface area contributed by atoms with Gasteiger partial charge in [-0.2, -0.15) is 8.42 Å². The largest absolute Gasteiger partial charge is 0.286 e. The molecular weight excluding hydrogens is 242 g/mol. The molecule has 5 heteroatoms. The third-order valence-corrected chi connectivity index (χ3v) is 0. The zero-order valence-corrected chi connectivity index (χ0v) is 6.52. The van der Waals surface area contributed by atoms with Gasteiger partial charge in [0.15, 0.2) is 0 Å². The number of rotatable bonds is 0. The molecule has 0 bridgehead atoms. The van der Waals surface area contributed by atoms with E-state index in [-0.39, 0.29) is 40.4 Å². The predicted octanol–water partition coefficient (Wildman–Crippen LogP) is -0.496. The van der Waals surface area contributed by atoms with Crippen LogP contribution in [-0.2, 0) is 10.1 Å². The van der Waals surface area contributed by atoms with Crippen LogP contribution in [0.2, 0.25) is 0 Å². The first-order valence-corrected chi connectivity index (χ1v) is 2.77. The van der Waals surface area contributed by atoms with Crippen molar-refractivity contribution in [3.05, 3.63) is 0 Å². The molecule has 0 saturated heterocycles. The molecule has 0 aromatic carbocycles. The summed E-state index contributed by atoms with van der Waals surface area (Å²) < 4.78 is 25.9. The van der Waals surface area contributed by atoms with E-state index in [2.05, 4.69) is 0 Å². The van der Waals surface area contributed by atoms with Gasteiger partial charge in [-0.25, -0.2) is 0 Å². The normalized spacial score (nSPS) is 9.67. The van der Waals surface area contributed by atoms with Gasteiger partial charge < -0.3 is 0 Å². The van der Waals surface area contributed by atoms with E-state index >= 15 is 0 Å². The van der Waals surface area contributed by atoms with Gasteiger partial charge in [-0.1, -0.05) is 0 Å². The van der Waals surface area contributed by atoms with E-state index in [0.29, 0.717) is 6.26 Å². The fraction of sp³-hybridized carbons (Fsp3) is 1.00. The van der Waals surface area contributed by atoms with Crippen LogP contribution in [0.4, 0.5) is 0 Å². The smallest absolute Gasteiger partial charge is 0.261 e. The van der Waals surface area contributed by atoms with Gasteiger partial charge in [0.2, 0.25) is 0 Å². The second-order valence-electron chi connectivity index (χ2n) is 0.733. The third-order valence-electron chi connectivity index (χ3n) is 0. The molecule has 0 aliphatic heterocycles. The quantitative estimate of drug-likeness (QED) is 0.587. The first-order chi connectivity index (χ1) is 2.00. The van der Waals surface area contributed by atoms with Gasteiger partial charge >= 0.3 is 0 Å². The zero-order chi connectivity index (χ0) is 4.50.